The molecular weight excluding hydrogens is 260 g/mol. The topological polar surface area (TPSA) is 67.9 Å². The van der Waals surface area contributed by atoms with Gasteiger partial charge in [0.25, 0.3) is 0 Å². The number of nitrogens with zero attached hydrogens (tertiary/aromatic N) is 1. The zero-order valence-corrected chi connectivity index (χ0v) is 13.3. The normalized spacial score (nSPS) is 11.2. The lowest BCUT2D eigenvalue weighted by atomic mass is 10.3. The summed E-state index contributed by atoms with van der Waals surface area (Å²) >= 11 is 0. The van der Waals surface area contributed by atoms with Gasteiger partial charge in [-0.1, -0.05) is 0 Å². The largest absolute Gasteiger partial charge is 0.468 e. The summed E-state index contributed by atoms with van der Waals surface area (Å²) in [5.74, 6) is -0.427. The number of hydrogen-bond acceptors (Lipinski definition) is 5. The van der Waals surface area contributed by atoms with Gasteiger partial charge in [-0.3, -0.25) is 14.5 Å². The van der Waals surface area contributed by atoms with Gasteiger partial charge in [-0.2, -0.15) is 0 Å². The predicted octanol–water partition coefficient (Wildman–Crippen LogP) is 0.801. The molecule has 6 nitrogen and oxygen atoms in total. The Morgan fingerprint density at radius 1 is 1.15 bits per heavy atom. The summed E-state index contributed by atoms with van der Waals surface area (Å²) in [5.41, 5.74) is 0. The van der Waals surface area contributed by atoms with E-state index in [1.807, 2.05) is 27.7 Å². The first kappa shape index (κ1) is 18.9. The second kappa shape index (κ2) is 10.6. The molecule has 0 aromatic heterocycles. The zero-order chi connectivity index (χ0) is 15.5. The fourth-order valence-corrected chi connectivity index (χ4v) is 1.51. The summed E-state index contributed by atoms with van der Waals surface area (Å²) in [7, 11) is 1.34. The van der Waals surface area contributed by atoms with Crippen molar-refractivity contribution in [1.29, 1.82) is 0 Å². The molecule has 118 valence electrons. The molecule has 0 heterocycles. The lowest BCUT2D eigenvalue weighted by Gasteiger charge is -2.24. The highest BCUT2D eigenvalue weighted by molar-refractivity contribution is 5.79. The number of amides is 1. The first-order valence-corrected chi connectivity index (χ1v) is 7.06. The van der Waals surface area contributed by atoms with Crippen molar-refractivity contribution in [2.75, 3.05) is 33.4 Å². The molecule has 0 rings (SSSR count). The molecule has 0 radical (unpaired) electrons. The predicted molar refractivity (Wildman–Crippen MR) is 77.4 cm³/mol. The molecule has 20 heavy (non-hydrogen) atoms. The lowest BCUT2D eigenvalue weighted by Crippen LogP contribution is -2.43. The molecule has 0 spiro atoms. The number of carbonyl (C=O) groups is 2. The molecule has 0 saturated carbocycles. The van der Waals surface area contributed by atoms with Crippen molar-refractivity contribution in [2.24, 2.45) is 0 Å². The Kier molecular flexibility index (Phi) is 10.0. The van der Waals surface area contributed by atoms with Crippen LogP contribution in [-0.4, -0.2) is 62.3 Å². The summed E-state index contributed by atoms with van der Waals surface area (Å²) in [4.78, 5) is 24.8. The quantitative estimate of drug-likeness (QED) is 0.476. The van der Waals surface area contributed by atoms with Crippen molar-refractivity contribution in [1.82, 2.24) is 10.2 Å². The third kappa shape index (κ3) is 9.75. The van der Waals surface area contributed by atoms with Gasteiger partial charge in [-0.25, -0.2) is 0 Å². The SMILES string of the molecule is COC(=O)CN(CC(=O)NCCCOC(C)C)C(C)C. The fraction of sp³-hybridized carbons (Fsp3) is 0.857. The Labute approximate surface area is 121 Å². The molecule has 0 aliphatic heterocycles. The van der Waals surface area contributed by atoms with Crippen LogP contribution >= 0.6 is 0 Å². The summed E-state index contributed by atoms with van der Waals surface area (Å²) in [6, 6.07) is 0.101. The minimum atomic E-state index is -0.336. The van der Waals surface area contributed by atoms with E-state index in [9.17, 15) is 9.59 Å². The van der Waals surface area contributed by atoms with Crippen molar-refractivity contribution in [3.63, 3.8) is 0 Å². The number of carbonyl (C=O) groups excluding carboxylic acids is 2. The van der Waals surface area contributed by atoms with Crippen molar-refractivity contribution >= 4 is 11.9 Å². The maximum Gasteiger partial charge on any atom is 0.319 e. The van der Waals surface area contributed by atoms with Crippen LogP contribution in [0.1, 0.15) is 34.1 Å². The number of ether oxygens (including phenoxy) is 2. The van der Waals surface area contributed by atoms with E-state index in [0.29, 0.717) is 13.2 Å². The van der Waals surface area contributed by atoms with Gasteiger partial charge in [-0.15, -0.1) is 0 Å². The molecule has 0 fully saturated rings. The van der Waals surface area contributed by atoms with Crippen LogP contribution in [0.4, 0.5) is 0 Å². The van der Waals surface area contributed by atoms with Gasteiger partial charge in [0.1, 0.15) is 0 Å². The van der Waals surface area contributed by atoms with Crippen LogP contribution in [0.2, 0.25) is 0 Å². The number of methoxy groups -OCH3 is 1. The fourth-order valence-electron chi connectivity index (χ4n) is 1.51. The van der Waals surface area contributed by atoms with E-state index in [4.69, 9.17) is 4.74 Å². The molecular formula is C14H28N2O4. The Bertz CT molecular complexity index is 293. The Morgan fingerprint density at radius 3 is 2.30 bits per heavy atom. The summed E-state index contributed by atoms with van der Waals surface area (Å²) in [6.07, 6.45) is 0.991. The number of rotatable bonds is 10. The highest BCUT2D eigenvalue weighted by Gasteiger charge is 2.17. The van der Waals surface area contributed by atoms with Gasteiger partial charge in [0.05, 0.1) is 26.3 Å². The third-order valence-corrected chi connectivity index (χ3v) is 2.73. The Balaban J connectivity index is 3.92. The highest BCUT2D eigenvalue weighted by Crippen LogP contribution is 1.98. The second-order valence-electron chi connectivity index (χ2n) is 5.20. The van der Waals surface area contributed by atoms with Crippen LogP contribution in [0.3, 0.4) is 0 Å². The molecule has 1 N–H and O–H groups in total. The van der Waals surface area contributed by atoms with E-state index in [1.54, 1.807) is 4.90 Å². The summed E-state index contributed by atoms with van der Waals surface area (Å²) in [5, 5.41) is 2.82. The minimum Gasteiger partial charge on any atom is -0.468 e. The van der Waals surface area contributed by atoms with Gasteiger partial charge < -0.3 is 14.8 Å². The van der Waals surface area contributed by atoms with Crippen LogP contribution in [0.15, 0.2) is 0 Å². The Hall–Kier alpha value is -1.14. The average molecular weight is 288 g/mol. The van der Waals surface area contributed by atoms with Crippen LogP contribution in [0.5, 0.6) is 0 Å². The molecule has 0 atom stereocenters. The van der Waals surface area contributed by atoms with E-state index < -0.39 is 0 Å². The van der Waals surface area contributed by atoms with E-state index in [1.165, 1.54) is 7.11 Å². The maximum atomic E-state index is 11.8. The third-order valence-electron chi connectivity index (χ3n) is 2.73. The van der Waals surface area contributed by atoms with Crippen LogP contribution in [0.25, 0.3) is 0 Å². The highest BCUT2D eigenvalue weighted by atomic mass is 16.5. The van der Waals surface area contributed by atoms with E-state index in [0.717, 1.165) is 6.42 Å². The van der Waals surface area contributed by atoms with Crippen molar-refractivity contribution in [2.45, 2.75) is 46.3 Å². The van der Waals surface area contributed by atoms with Crippen LogP contribution in [-0.2, 0) is 19.1 Å². The minimum absolute atomic E-state index is 0.0906. The molecule has 0 aromatic carbocycles. The van der Waals surface area contributed by atoms with E-state index >= 15 is 0 Å². The first-order chi connectivity index (χ1) is 9.36. The lowest BCUT2D eigenvalue weighted by molar-refractivity contribution is -0.142. The van der Waals surface area contributed by atoms with Crippen molar-refractivity contribution < 1.29 is 19.1 Å². The monoisotopic (exact) mass is 288 g/mol. The van der Waals surface area contributed by atoms with Gasteiger partial charge >= 0.3 is 5.97 Å². The first-order valence-electron chi connectivity index (χ1n) is 7.06. The smallest absolute Gasteiger partial charge is 0.319 e. The number of hydrogen-bond donors (Lipinski definition) is 1. The number of nitrogens with one attached hydrogen (secondary N) is 1. The number of esters is 1. The van der Waals surface area contributed by atoms with Crippen molar-refractivity contribution in [3.8, 4) is 0 Å². The van der Waals surface area contributed by atoms with Gasteiger partial charge in [-0.05, 0) is 34.1 Å². The zero-order valence-electron chi connectivity index (χ0n) is 13.3. The average Bonchev–Trinajstić information content (AvgIpc) is 2.36. The summed E-state index contributed by atoms with van der Waals surface area (Å²) in [6.45, 7) is 9.36. The molecule has 0 aromatic rings. The van der Waals surface area contributed by atoms with Gasteiger partial charge in [0.2, 0.25) is 5.91 Å². The van der Waals surface area contributed by atoms with E-state index in [2.05, 4.69) is 10.1 Å². The molecule has 0 aliphatic rings. The molecule has 0 saturated heterocycles. The molecule has 1 amide bonds. The van der Waals surface area contributed by atoms with Gasteiger partial charge in [0, 0.05) is 19.2 Å². The standard InChI is InChI=1S/C14H28N2O4/c1-11(2)16(10-14(18)19-5)9-13(17)15-7-6-8-20-12(3)4/h11-12H,6-10H2,1-5H3,(H,15,17). The van der Waals surface area contributed by atoms with Gasteiger partial charge in [0.15, 0.2) is 0 Å². The Morgan fingerprint density at radius 2 is 1.80 bits per heavy atom. The second-order valence-corrected chi connectivity index (χ2v) is 5.20. The molecule has 6 heteroatoms. The summed E-state index contributed by atoms with van der Waals surface area (Å²) < 4.78 is 10.0. The molecule has 0 unspecified atom stereocenters. The van der Waals surface area contributed by atoms with Crippen LogP contribution in [0, 0.1) is 0 Å². The maximum absolute atomic E-state index is 11.8. The molecule has 0 aliphatic carbocycles. The van der Waals surface area contributed by atoms with Crippen molar-refractivity contribution in [3.05, 3.63) is 0 Å². The molecule has 0 bridgehead atoms. The van der Waals surface area contributed by atoms with Crippen LogP contribution < -0.4 is 5.32 Å². The van der Waals surface area contributed by atoms with E-state index in [-0.39, 0.29) is 37.1 Å².